The Morgan fingerprint density at radius 2 is 1.35 bits per heavy atom. The number of rotatable bonds is 2. The van der Waals surface area contributed by atoms with Crippen LogP contribution in [-0.4, -0.2) is 5.78 Å². The number of hydrogen-bond acceptors (Lipinski definition) is 1. The Labute approximate surface area is 136 Å². The van der Waals surface area contributed by atoms with E-state index in [1.165, 1.54) is 12.1 Å². The first-order valence-electron chi connectivity index (χ1n) is 5.15. The Kier molecular flexibility index (Phi) is 4.69. The minimum Gasteiger partial charge on any atom is -0.288 e. The van der Waals surface area contributed by atoms with Gasteiger partial charge in [-0.1, -0.05) is 50.7 Å². The lowest BCUT2D eigenvalue weighted by Crippen LogP contribution is -2.09. The number of hydrogen-bond donors (Lipinski definition) is 0. The molecule has 104 valence electrons. The Hall–Kier alpha value is -0.680. The van der Waals surface area contributed by atoms with Crippen LogP contribution in [0, 0.1) is 11.6 Å². The molecular weight excluding hydrogens is 396 g/mol. The summed E-state index contributed by atoms with van der Waals surface area (Å²) >= 11 is 20.4. The summed E-state index contributed by atoms with van der Waals surface area (Å²) in [7, 11) is 0. The van der Waals surface area contributed by atoms with Crippen molar-refractivity contribution in [2.45, 2.75) is 0 Å². The third-order valence-electron chi connectivity index (χ3n) is 2.47. The first-order chi connectivity index (χ1) is 9.31. The van der Waals surface area contributed by atoms with Crippen molar-refractivity contribution in [1.82, 2.24) is 0 Å². The van der Waals surface area contributed by atoms with Crippen LogP contribution in [0.1, 0.15) is 15.9 Å². The van der Waals surface area contributed by atoms with E-state index in [0.29, 0.717) is 0 Å². The molecule has 2 aromatic rings. The predicted octanol–water partition coefficient (Wildman–Crippen LogP) is 5.92. The molecule has 0 heterocycles. The van der Waals surface area contributed by atoms with Crippen LogP contribution in [0.4, 0.5) is 8.78 Å². The van der Waals surface area contributed by atoms with Gasteiger partial charge in [0.1, 0.15) is 11.6 Å². The summed E-state index contributed by atoms with van der Waals surface area (Å²) < 4.78 is 27.8. The van der Waals surface area contributed by atoms with Crippen LogP contribution in [0.2, 0.25) is 15.1 Å². The molecule has 0 aliphatic carbocycles. The Morgan fingerprint density at radius 1 is 0.900 bits per heavy atom. The minimum atomic E-state index is -1.01. The molecule has 0 aromatic heterocycles. The lowest BCUT2D eigenvalue weighted by atomic mass is 10.0. The number of carbonyl (C=O) groups is 1. The highest BCUT2D eigenvalue weighted by Crippen LogP contribution is 2.32. The van der Waals surface area contributed by atoms with Crippen molar-refractivity contribution in [3.05, 3.63) is 66.6 Å². The van der Waals surface area contributed by atoms with Crippen LogP contribution in [0.15, 0.2) is 28.7 Å². The molecule has 0 radical (unpaired) electrons. The second kappa shape index (κ2) is 5.98. The summed E-state index contributed by atoms with van der Waals surface area (Å²) in [4.78, 5) is 12.2. The van der Waals surface area contributed by atoms with Crippen molar-refractivity contribution in [3.8, 4) is 0 Å². The number of ketones is 1. The zero-order chi connectivity index (χ0) is 15.0. The van der Waals surface area contributed by atoms with Crippen molar-refractivity contribution in [1.29, 1.82) is 0 Å². The average Bonchev–Trinajstić information content (AvgIpc) is 2.25. The van der Waals surface area contributed by atoms with Gasteiger partial charge in [0.2, 0.25) is 5.78 Å². The van der Waals surface area contributed by atoms with Gasteiger partial charge in [-0.05, 0) is 24.3 Å². The third kappa shape index (κ3) is 2.98. The van der Waals surface area contributed by atoms with Gasteiger partial charge in [-0.25, -0.2) is 8.78 Å². The van der Waals surface area contributed by atoms with E-state index >= 15 is 0 Å². The Morgan fingerprint density at radius 3 is 1.80 bits per heavy atom. The molecule has 0 aliphatic rings. The molecule has 7 heteroatoms. The topological polar surface area (TPSA) is 17.1 Å². The molecule has 0 atom stereocenters. The smallest absolute Gasteiger partial charge is 0.201 e. The first-order valence-corrected chi connectivity index (χ1v) is 7.07. The molecule has 0 amide bonds. The lowest BCUT2D eigenvalue weighted by Gasteiger charge is -2.09. The molecular formula is C13H4BrCl3F2O. The van der Waals surface area contributed by atoms with Crippen molar-refractivity contribution in [2.75, 3.05) is 0 Å². The number of benzene rings is 2. The van der Waals surface area contributed by atoms with Gasteiger partial charge in [0.15, 0.2) is 0 Å². The van der Waals surface area contributed by atoms with Gasteiger partial charge in [-0.2, -0.15) is 0 Å². The first kappa shape index (κ1) is 15.7. The molecule has 0 saturated heterocycles. The predicted molar refractivity (Wildman–Crippen MR) is 79.0 cm³/mol. The summed E-state index contributed by atoms with van der Waals surface area (Å²) in [5, 5.41) is 0.0664. The molecule has 2 aromatic carbocycles. The second-order valence-electron chi connectivity index (χ2n) is 3.82. The van der Waals surface area contributed by atoms with E-state index in [0.717, 1.165) is 12.1 Å². The van der Waals surface area contributed by atoms with Crippen molar-refractivity contribution < 1.29 is 13.6 Å². The van der Waals surface area contributed by atoms with E-state index in [1.807, 2.05) is 0 Å². The zero-order valence-corrected chi connectivity index (χ0v) is 13.3. The molecule has 0 fully saturated rings. The fraction of sp³-hybridized carbons (Fsp3) is 0. The van der Waals surface area contributed by atoms with E-state index in [1.54, 1.807) is 0 Å². The summed E-state index contributed by atoms with van der Waals surface area (Å²) in [5.41, 5.74) is -0.919. The summed E-state index contributed by atoms with van der Waals surface area (Å²) in [6.45, 7) is 0. The fourth-order valence-corrected chi connectivity index (χ4v) is 3.03. The van der Waals surface area contributed by atoms with Gasteiger partial charge in [-0.15, -0.1) is 0 Å². The fourth-order valence-electron chi connectivity index (χ4n) is 1.64. The van der Waals surface area contributed by atoms with Crippen molar-refractivity contribution in [3.63, 3.8) is 0 Å². The van der Waals surface area contributed by atoms with E-state index in [-0.39, 0.29) is 25.1 Å². The van der Waals surface area contributed by atoms with Crippen LogP contribution >= 0.6 is 50.7 Å². The molecule has 2 rings (SSSR count). The van der Waals surface area contributed by atoms with Crippen molar-refractivity contribution >= 4 is 56.5 Å². The third-order valence-corrected chi connectivity index (χ3v) is 3.74. The molecule has 0 bridgehead atoms. The van der Waals surface area contributed by atoms with Crippen LogP contribution in [-0.2, 0) is 0 Å². The van der Waals surface area contributed by atoms with Gasteiger partial charge in [0.25, 0.3) is 0 Å². The van der Waals surface area contributed by atoms with Gasteiger partial charge >= 0.3 is 0 Å². The molecule has 0 saturated carbocycles. The number of halogens is 6. The monoisotopic (exact) mass is 398 g/mol. The Bertz CT molecular complexity index is 613. The molecule has 1 nitrogen and oxygen atoms in total. The maximum Gasteiger partial charge on any atom is 0.201 e. The second-order valence-corrected chi connectivity index (χ2v) is 5.98. The summed E-state index contributed by atoms with van der Waals surface area (Å²) in [6.07, 6.45) is 0. The van der Waals surface area contributed by atoms with E-state index in [2.05, 4.69) is 15.9 Å². The standard InChI is InChI=1S/C13H4BrCl3F2O/c14-5-1-9(18)12(10(19)2-5)13(20)11-7(16)3-6(15)4-8(11)17/h1-4H. The average molecular weight is 400 g/mol. The maximum absolute atomic E-state index is 13.8. The minimum absolute atomic E-state index is 0.0748. The molecule has 0 N–H and O–H groups in total. The van der Waals surface area contributed by atoms with Gasteiger partial charge in [0.05, 0.1) is 21.2 Å². The highest BCUT2D eigenvalue weighted by molar-refractivity contribution is 9.10. The zero-order valence-electron chi connectivity index (χ0n) is 9.49. The summed E-state index contributed by atoms with van der Waals surface area (Å²) in [5.74, 6) is -2.97. The maximum atomic E-state index is 13.8. The molecule has 0 aliphatic heterocycles. The normalized spacial score (nSPS) is 10.7. The highest BCUT2D eigenvalue weighted by atomic mass is 79.9. The van der Waals surface area contributed by atoms with E-state index < -0.39 is 23.0 Å². The Balaban J connectivity index is 2.64. The van der Waals surface area contributed by atoms with Crippen LogP contribution in [0.5, 0.6) is 0 Å². The molecule has 0 unspecified atom stereocenters. The van der Waals surface area contributed by atoms with Crippen LogP contribution in [0.25, 0.3) is 0 Å². The van der Waals surface area contributed by atoms with Gasteiger partial charge in [-0.3, -0.25) is 4.79 Å². The van der Waals surface area contributed by atoms with Crippen LogP contribution < -0.4 is 0 Å². The molecule has 0 spiro atoms. The van der Waals surface area contributed by atoms with E-state index in [9.17, 15) is 13.6 Å². The summed E-state index contributed by atoms with van der Waals surface area (Å²) in [6, 6.07) is 4.51. The van der Waals surface area contributed by atoms with Crippen LogP contribution in [0.3, 0.4) is 0 Å². The molecule has 20 heavy (non-hydrogen) atoms. The lowest BCUT2D eigenvalue weighted by molar-refractivity contribution is 0.103. The van der Waals surface area contributed by atoms with Crippen molar-refractivity contribution in [2.24, 2.45) is 0 Å². The SMILES string of the molecule is O=C(c1c(F)cc(Br)cc1F)c1c(Cl)cc(Cl)cc1Cl. The van der Waals surface area contributed by atoms with Gasteiger partial charge < -0.3 is 0 Å². The largest absolute Gasteiger partial charge is 0.288 e. The highest BCUT2D eigenvalue weighted by Gasteiger charge is 2.24. The quantitative estimate of drug-likeness (QED) is 0.572. The van der Waals surface area contributed by atoms with E-state index in [4.69, 9.17) is 34.8 Å². The number of carbonyl (C=O) groups excluding carboxylic acids is 1. The van der Waals surface area contributed by atoms with Gasteiger partial charge in [0, 0.05) is 9.50 Å².